The third-order valence-corrected chi connectivity index (χ3v) is 12.1. The summed E-state index contributed by atoms with van der Waals surface area (Å²) in [6.07, 6.45) is 3.32. The molecule has 0 atom stereocenters. The second-order valence-electron chi connectivity index (χ2n) is 14.6. The van der Waals surface area contributed by atoms with Crippen LogP contribution in [-0.2, 0) is 0 Å². The average molecular weight is 776 g/mol. The van der Waals surface area contributed by atoms with E-state index in [-0.39, 0.29) is 5.56 Å². The molecule has 4 nitrogen and oxygen atoms in total. The summed E-state index contributed by atoms with van der Waals surface area (Å²) < 4.78 is 28.0. The maximum atomic E-state index is 8.67. The van der Waals surface area contributed by atoms with Gasteiger partial charge in [0.25, 0.3) is 0 Å². The molecule has 0 aliphatic carbocycles. The molecule has 0 aliphatic heterocycles. The molecule has 11 rings (SSSR count). The van der Waals surface area contributed by atoms with Crippen molar-refractivity contribution in [3.05, 3.63) is 206 Å². The molecule has 278 valence electrons. The lowest BCUT2D eigenvalue weighted by atomic mass is 9.74. The summed E-state index contributed by atoms with van der Waals surface area (Å²) in [5.41, 5.74) is 17.1. The van der Waals surface area contributed by atoms with Gasteiger partial charge in [-0.3, -0.25) is 4.40 Å². The van der Waals surface area contributed by atoms with Gasteiger partial charge >= 0.3 is 0 Å². The number of benzene rings is 8. The van der Waals surface area contributed by atoms with E-state index in [0.717, 1.165) is 93.1 Å². The van der Waals surface area contributed by atoms with Crippen LogP contribution in [0.2, 0.25) is 0 Å². The van der Waals surface area contributed by atoms with Crippen molar-refractivity contribution in [2.75, 3.05) is 0 Å². The summed E-state index contributed by atoms with van der Waals surface area (Å²) in [5.74, 6) is 0. The second kappa shape index (κ2) is 14.5. The van der Waals surface area contributed by atoms with E-state index in [1.807, 2.05) is 10.5 Å². The molecule has 0 bridgehead atoms. The minimum atomic E-state index is -2.38. The zero-order valence-electron chi connectivity index (χ0n) is 34.7. The Morgan fingerprint density at radius 3 is 1.22 bits per heavy atom. The first-order chi connectivity index (χ1) is 30.4. The van der Waals surface area contributed by atoms with Crippen molar-refractivity contribution in [2.45, 2.75) is 6.85 Å². The lowest BCUT2D eigenvalue weighted by Gasteiger charge is -2.29. The Labute approximate surface area is 350 Å². The van der Waals surface area contributed by atoms with Gasteiger partial charge in [0, 0.05) is 9.68 Å². The summed E-state index contributed by atoms with van der Waals surface area (Å²) in [7, 11) is 0. The molecular weight excluding hydrogens is 737 g/mol. The highest BCUT2D eigenvalue weighted by atomic mass is 32.1. The van der Waals surface area contributed by atoms with Gasteiger partial charge in [-0.2, -0.15) is 0 Å². The van der Waals surface area contributed by atoms with Gasteiger partial charge in [-0.05, 0) is 90.8 Å². The molecule has 0 saturated heterocycles. The molecule has 0 N–H and O–H groups in total. The Kier molecular flexibility index (Phi) is 7.75. The van der Waals surface area contributed by atoms with Gasteiger partial charge < -0.3 is 0 Å². The van der Waals surface area contributed by atoms with E-state index in [9.17, 15) is 0 Å². The van der Waals surface area contributed by atoms with Gasteiger partial charge in [0.05, 0.1) is 17.2 Å². The van der Waals surface area contributed by atoms with Gasteiger partial charge in [0.2, 0.25) is 0 Å². The summed E-state index contributed by atoms with van der Waals surface area (Å²) in [6.45, 7) is -2.38. The highest BCUT2D eigenvalue weighted by molar-refractivity contribution is 7.23. The van der Waals surface area contributed by atoms with E-state index < -0.39 is 6.85 Å². The van der Waals surface area contributed by atoms with Crippen LogP contribution in [0.5, 0.6) is 0 Å². The van der Waals surface area contributed by atoms with E-state index in [4.69, 9.17) is 9.10 Å². The van der Waals surface area contributed by atoms with Crippen LogP contribution >= 0.6 is 11.3 Å². The molecule has 0 unspecified atom stereocenters. The normalized spacial score (nSPS) is 12.4. The zero-order valence-corrected chi connectivity index (χ0v) is 32.6. The number of fused-ring (bicyclic) bond motifs is 5. The van der Waals surface area contributed by atoms with Gasteiger partial charge in [0.15, 0.2) is 4.96 Å². The minimum Gasteiger partial charge on any atom is -0.280 e. The molecule has 0 amide bonds. The molecule has 59 heavy (non-hydrogen) atoms. The molecule has 5 heteroatoms. The fourth-order valence-corrected chi connectivity index (χ4v) is 9.60. The van der Waals surface area contributed by atoms with Crippen LogP contribution in [0.1, 0.15) is 9.68 Å². The number of rotatable bonds is 7. The predicted molar refractivity (Wildman–Crippen MR) is 246 cm³/mol. The molecule has 0 spiro atoms. The zero-order chi connectivity index (χ0) is 41.8. The van der Waals surface area contributed by atoms with Crippen LogP contribution in [0.25, 0.3) is 104 Å². The van der Waals surface area contributed by atoms with Crippen molar-refractivity contribution in [2.24, 2.45) is 0 Å². The highest BCUT2D eigenvalue weighted by Crippen LogP contribution is 2.56. The van der Waals surface area contributed by atoms with Crippen molar-refractivity contribution in [3.63, 3.8) is 0 Å². The SMILES string of the molecule is [2H]C([2H])([2H])c1ccc2c(nc3sc4ncncc4n32)c1-c1ccc(-c2c(-c3ccccc3)c(-c3ccccc3)c(-c3ccccc3)c(-c3ccccc3)c2-c2ccccc2)cc1. The van der Waals surface area contributed by atoms with E-state index in [0.29, 0.717) is 11.1 Å². The summed E-state index contributed by atoms with van der Waals surface area (Å²) in [6, 6.07) is 65.5. The quantitative estimate of drug-likeness (QED) is 0.162. The molecular formula is C54H36N4S. The molecule has 0 fully saturated rings. The number of hydrogen-bond acceptors (Lipinski definition) is 4. The van der Waals surface area contributed by atoms with Gasteiger partial charge in [-0.1, -0.05) is 193 Å². The maximum Gasteiger partial charge on any atom is 0.197 e. The van der Waals surface area contributed by atoms with Crippen LogP contribution in [-0.4, -0.2) is 19.4 Å². The second-order valence-corrected chi connectivity index (χ2v) is 15.5. The Morgan fingerprint density at radius 1 is 0.424 bits per heavy atom. The Hall–Kier alpha value is -7.47. The largest absolute Gasteiger partial charge is 0.280 e. The first-order valence-electron chi connectivity index (χ1n) is 21.1. The van der Waals surface area contributed by atoms with Crippen molar-refractivity contribution < 1.29 is 4.11 Å². The maximum absolute atomic E-state index is 8.67. The number of imidazole rings is 1. The van der Waals surface area contributed by atoms with Crippen molar-refractivity contribution >= 4 is 37.7 Å². The van der Waals surface area contributed by atoms with Crippen molar-refractivity contribution in [1.82, 2.24) is 19.4 Å². The number of aryl methyl sites for hydroxylation is 1. The van der Waals surface area contributed by atoms with E-state index >= 15 is 0 Å². The van der Waals surface area contributed by atoms with Crippen molar-refractivity contribution in [3.8, 4) is 77.9 Å². The molecule has 3 aromatic heterocycles. The van der Waals surface area contributed by atoms with Gasteiger partial charge in [-0.15, -0.1) is 0 Å². The number of thiazole rings is 1. The Bertz CT molecular complexity index is 3300. The number of hydrogen-bond donors (Lipinski definition) is 0. The lowest BCUT2D eigenvalue weighted by molar-refractivity contribution is 1.20. The van der Waals surface area contributed by atoms with Crippen molar-refractivity contribution in [1.29, 1.82) is 0 Å². The molecule has 11 aromatic rings. The predicted octanol–water partition coefficient (Wildman–Crippen LogP) is 14.5. The molecule has 0 radical (unpaired) electrons. The number of nitrogens with zero attached hydrogens (tertiary/aromatic N) is 4. The topological polar surface area (TPSA) is 43.1 Å². The monoisotopic (exact) mass is 775 g/mol. The van der Waals surface area contributed by atoms with Crippen LogP contribution < -0.4 is 0 Å². The Balaban J connectivity index is 1.27. The fourth-order valence-electron chi connectivity index (χ4n) is 8.66. The fraction of sp³-hybridized carbons (Fsp3) is 0.0185. The van der Waals surface area contributed by atoms with Crippen LogP contribution in [0.3, 0.4) is 0 Å². The van der Waals surface area contributed by atoms with Gasteiger partial charge in [0.1, 0.15) is 16.7 Å². The standard InChI is InChI=1S/C54H36N4S/c1-35-27-32-43-52(57-54-58(43)44-33-55-34-56-53(44)59-54)45(35)41-28-30-42(31-29-41)51-49(39-23-13-5-14-24-39)47(37-19-9-3-10-20-37)46(36-17-7-2-8-18-36)48(38-21-11-4-12-22-38)50(51)40-25-15-6-16-26-40/h2-34H,1H3/i1D3. The average Bonchev–Trinajstić information content (AvgIpc) is 3.88. The smallest absolute Gasteiger partial charge is 0.197 e. The molecule has 3 heterocycles. The minimum absolute atomic E-state index is 0.254. The van der Waals surface area contributed by atoms with E-state index in [2.05, 4.69) is 186 Å². The number of aromatic nitrogens is 4. The lowest BCUT2D eigenvalue weighted by Crippen LogP contribution is -2.02. The molecule has 0 saturated carbocycles. The first-order valence-corrected chi connectivity index (χ1v) is 20.4. The highest BCUT2D eigenvalue weighted by Gasteiger charge is 2.29. The summed E-state index contributed by atoms with van der Waals surface area (Å²) in [4.78, 5) is 15.4. The summed E-state index contributed by atoms with van der Waals surface area (Å²) in [5, 5.41) is 0. The van der Waals surface area contributed by atoms with Gasteiger partial charge in [-0.25, -0.2) is 15.0 Å². The first kappa shape index (κ1) is 31.6. The van der Waals surface area contributed by atoms with E-state index in [1.165, 1.54) is 17.7 Å². The van der Waals surface area contributed by atoms with Crippen LogP contribution in [0.15, 0.2) is 201 Å². The summed E-state index contributed by atoms with van der Waals surface area (Å²) >= 11 is 1.46. The molecule has 0 aliphatic rings. The van der Waals surface area contributed by atoms with Crippen LogP contribution in [0, 0.1) is 6.85 Å². The molecule has 8 aromatic carbocycles. The Morgan fingerprint density at radius 2 is 0.814 bits per heavy atom. The third kappa shape index (κ3) is 5.86. The third-order valence-electron chi connectivity index (χ3n) is 11.2. The van der Waals surface area contributed by atoms with E-state index in [1.54, 1.807) is 12.3 Å². The van der Waals surface area contributed by atoms with Crippen LogP contribution in [0.4, 0.5) is 0 Å².